The predicted molar refractivity (Wildman–Crippen MR) is 106 cm³/mol. The fourth-order valence-corrected chi connectivity index (χ4v) is 21.6. The van der Waals surface area contributed by atoms with Crippen molar-refractivity contribution < 1.29 is 9.59 Å². The molecule has 0 aliphatic heterocycles. The molecule has 0 fully saturated rings. The Balaban J connectivity index is 3.43. The molecule has 0 N–H and O–H groups in total. The van der Waals surface area contributed by atoms with Crippen LogP contribution in [0.25, 0.3) is 0 Å². The molecule has 0 aromatic rings. The van der Waals surface area contributed by atoms with Crippen LogP contribution < -0.4 is 0 Å². The van der Waals surface area contributed by atoms with Gasteiger partial charge < -0.3 is 0 Å². The first-order valence-corrected chi connectivity index (χ1v) is 17.3. The molecule has 2 nitrogen and oxygen atoms in total. The van der Waals surface area contributed by atoms with Gasteiger partial charge in [0.25, 0.3) is 0 Å². The minimum absolute atomic E-state index is 0.132. The van der Waals surface area contributed by atoms with E-state index < -0.39 is 18.4 Å². The molecule has 0 radical (unpaired) electrons. The van der Waals surface area contributed by atoms with E-state index in [9.17, 15) is 9.59 Å². The van der Waals surface area contributed by atoms with E-state index in [1.165, 1.54) is 51.8 Å². The third-order valence-electron chi connectivity index (χ3n) is 5.74. The predicted octanol–water partition coefficient (Wildman–Crippen LogP) is 6.18. The first kappa shape index (κ1) is 21.7. The first-order chi connectivity index (χ1) is 11.4. The van der Waals surface area contributed by atoms with Gasteiger partial charge in [0.1, 0.15) is 0 Å². The second-order valence-corrected chi connectivity index (χ2v) is 20.5. The van der Waals surface area contributed by atoms with Crippen LogP contribution in [0.2, 0.25) is 13.3 Å². The molecule has 0 aromatic carbocycles. The second-order valence-electron chi connectivity index (χ2n) is 7.50. The number of rotatable bonds is 10. The summed E-state index contributed by atoms with van der Waals surface area (Å²) in [5, 5.41) is 0. The fourth-order valence-electron chi connectivity index (χ4n) is 4.03. The van der Waals surface area contributed by atoms with Crippen molar-refractivity contribution >= 4 is 29.9 Å². The Bertz CT molecular complexity index is 518. The Morgan fingerprint density at radius 1 is 0.625 bits per heavy atom. The number of hydrogen-bond acceptors (Lipinski definition) is 2. The normalized spacial score (nSPS) is 16.4. The van der Waals surface area contributed by atoms with Gasteiger partial charge in [-0.1, -0.05) is 0 Å². The van der Waals surface area contributed by atoms with Gasteiger partial charge in [-0.15, -0.1) is 0 Å². The van der Waals surface area contributed by atoms with Gasteiger partial charge >= 0.3 is 153 Å². The average Bonchev–Trinajstić information content (AvgIpc) is 2.59. The third kappa shape index (κ3) is 4.62. The van der Waals surface area contributed by atoms with Gasteiger partial charge in [-0.25, -0.2) is 0 Å². The summed E-state index contributed by atoms with van der Waals surface area (Å²) in [6, 6.07) is 0. The molecule has 136 valence electrons. The zero-order chi connectivity index (χ0) is 18.3. The summed E-state index contributed by atoms with van der Waals surface area (Å²) >= 11 is -2.85. The topological polar surface area (TPSA) is 34.1 Å². The van der Waals surface area contributed by atoms with Crippen molar-refractivity contribution in [2.45, 2.75) is 93.4 Å². The molecule has 0 unspecified atom stereocenters. The first-order valence-electron chi connectivity index (χ1n) is 9.84. The summed E-state index contributed by atoms with van der Waals surface area (Å²) in [6.45, 7) is 12.3. The van der Waals surface area contributed by atoms with Gasteiger partial charge in [0, 0.05) is 0 Å². The Hall–Kier alpha value is -0.381. The minimum atomic E-state index is -2.85. The van der Waals surface area contributed by atoms with E-state index in [1.807, 2.05) is 20.8 Å². The molecule has 1 aliphatic carbocycles. The monoisotopic (exact) mass is 440 g/mol. The maximum absolute atomic E-state index is 13.2. The molecule has 0 atom stereocenters. The van der Waals surface area contributed by atoms with Gasteiger partial charge in [0.15, 0.2) is 0 Å². The summed E-state index contributed by atoms with van der Waals surface area (Å²) in [6.07, 6.45) is 7.17. The number of Topliss-reactive ketones (excluding diaryl/α,β-unsaturated/α-hetero) is 2. The maximum atomic E-state index is 13.2. The van der Waals surface area contributed by atoms with Crippen molar-refractivity contribution in [1.82, 2.24) is 0 Å². The number of ketones is 2. The van der Waals surface area contributed by atoms with E-state index in [0.717, 1.165) is 9.16 Å². The molecule has 0 saturated carbocycles. The summed E-state index contributed by atoms with van der Waals surface area (Å²) in [5.74, 6) is 0.358. The van der Waals surface area contributed by atoms with Crippen LogP contribution in [-0.2, 0) is 9.59 Å². The summed E-state index contributed by atoms with van der Waals surface area (Å²) < 4.78 is 4.78. The van der Waals surface area contributed by atoms with Crippen LogP contribution in [0.1, 0.15) is 80.1 Å². The molecule has 24 heavy (non-hydrogen) atoms. The summed E-state index contributed by atoms with van der Waals surface area (Å²) in [5.41, 5.74) is 2.19. The fraction of sp³-hybridized carbons (Fsp3) is 0.714. The summed E-state index contributed by atoms with van der Waals surface area (Å²) in [4.78, 5) is 25.9. The number of carbonyl (C=O) groups is 2. The van der Waals surface area contributed by atoms with Crippen LogP contribution in [-0.4, -0.2) is 29.9 Å². The molecule has 0 amide bonds. The third-order valence-corrected chi connectivity index (χ3v) is 21.7. The molecule has 0 heterocycles. The van der Waals surface area contributed by atoms with E-state index >= 15 is 0 Å². The average molecular weight is 439 g/mol. The molecule has 0 saturated heterocycles. The van der Waals surface area contributed by atoms with Crippen LogP contribution in [0.4, 0.5) is 0 Å². The Kier molecular flexibility index (Phi) is 8.97. The van der Waals surface area contributed by atoms with Gasteiger partial charge in [0.2, 0.25) is 0 Å². The van der Waals surface area contributed by atoms with Crippen molar-refractivity contribution in [3.63, 3.8) is 0 Å². The molecule has 1 rings (SSSR count). The van der Waals surface area contributed by atoms with Crippen molar-refractivity contribution in [2.75, 3.05) is 0 Å². The van der Waals surface area contributed by atoms with E-state index in [0.29, 0.717) is 11.1 Å². The van der Waals surface area contributed by atoms with Crippen molar-refractivity contribution in [1.29, 1.82) is 0 Å². The second kappa shape index (κ2) is 9.94. The number of unbranched alkanes of at least 4 members (excludes halogenated alkanes) is 3. The van der Waals surface area contributed by atoms with Crippen molar-refractivity contribution in [3.8, 4) is 0 Å². The quantitative estimate of drug-likeness (QED) is 0.301. The van der Waals surface area contributed by atoms with Gasteiger partial charge in [-0.3, -0.25) is 0 Å². The number of allylic oxidation sites excluding steroid dienone is 4. The van der Waals surface area contributed by atoms with Crippen LogP contribution >= 0.6 is 0 Å². The van der Waals surface area contributed by atoms with E-state index in [2.05, 4.69) is 20.8 Å². The van der Waals surface area contributed by atoms with E-state index in [4.69, 9.17) is 0 Å². The molecular weight excluding hydrogens is 403 g/mol. The Morgan fingerprint density at radius 2 is 1.00 bits per heavy atom. The van der Waals surface area contributed by atoms with Crippen molar-refractivity contribution in [2.24, 2.45) is 0 Å². The summed E-state index contributed by atoms with van der Waals surface area (Å²) in [7, 11) is 0. The zero-order valence-electron chi connectivity index (χ0n) is 16.7. The van der Waals surface area contributed by atoms with Gasteiger partial charge in [-0.05, 0) is 0 Å². The SMILES string of the molecule is CCC[CH2][Sn]([CH2]CCC)([CH2]CCC)[C]1=C(C)C(=O)C(C)=C(C)C1=O. The van der Waals surface area contributed by atoms with E-state index in [1.54, 1.807) is 0 Å². The van der Waals surface area contributed by atoms with Gasteiger partial charge in [-0.2, -0.15) is 0 Å². The standard InChI is InChI=1S/C9H9O2.3C4H9.Sn/c1-5-4-8(10)6(2)7(3)9(5)11;3*1-3-4-2;/h1-3H3;3*1,3-4H2,2H3;. The van der Waals surface area contributed by atoms with Crippen LogP contribution in [0, 0.1) is 0 Å². The molecular formula is C21H36O2Sn. The number of hydrogen-bond donors (Lipinski definition) is 0. The Morgan fingerprint density at radius 3 is 1.38 bits per heavy atom. The van der Waals surface area contributed by atoms with Crippen LogP contribution in [0.5, 0.6) is 0 Å². The molecule has 0 spiro atoms. The van der Waals surface area contributed by atoms with Crippen molar-refractivity contribution in [3.05, 3.63) is 20.3 Å². The molecule has 3 heteroatoms. The van der Waals surface area contributed by atoms with E-state index in [-0.39, 0.29) is 11.6 Å². The molecule has 0 aromatic heterocycles. The zero-order valence-corrected chi connectivity index (χ0v) is 19.5. The van der Waals surface area contributed by atoms with Crippen LogP contribution in [0.15, 0.2) is 20.3 Å². The van der Waals surface area contributed by atoms with Gasteiger partial charge in [0.05, 0.1) is 0 Å². The molecule has 1 aliphatic rings. The van der Waals surface area contributed by atoms with Crippen LogP contribution in [0.3, 0.4) is 0 Å². The Labute approximate surface area is 153 Å². The molecule has 0 bridgehead atoms. The number of carbonyl (C=O) groups excluding carboxylic acids is 2.